The highest BCUT2D eigenvalue weighted by molar-refractivity contribution is 8.18. The second-order valence-corrected chi connectivity index (χ2v) is 11.1. The molecule has 0 atom stereocenters. The van der Waals surface area contributed by atoms with Crippen LogP contribution in [0.25, 0.3) is 6.08 Å². The Morgan fingerprint density at radius 1 is 1.15 bits per heavy atom. The molecule has 3 amide bonds. The molecule has 1 saturated heterocycles. The quantitative estimate of drug-likeness (QED) is 0.549. The van der Waals surface area contributed by atoms with Crippen molar-refractivity contribution in [1.29, 1.82) is 0 Å². The van der Waals surface area contributed by atoms with Gasteiger partial charge >= 0.3 is 0 Å². The number of hydrogen-bond acceptors (Lipinski definition) is 6. The fraction of sp³-hybridized carbons (Fsp3) is 0.577. The third-order valence-corrected chi connectivity index (χ3v) is 8.71. The van der Waals surface area contributed by atoms with E-state index in [4.69, 9.17) is 9.47 Å². The van der Waals surface area contributed by atoms with E-state index in [-0.39, 0.29) is 29.0 Å². The minimum Gasteiger partial charge on any atom is -0.493 e. The highest BCUT2D eigenvalue weighted by Crippen LogP contribution is 2.60. The van der Waals surface area contributed by atoms with Gasteiger partial charge in [0.15, 0.2) is 11.5 Å². The molecule has 5 aliphatic rings. The van der Waals surface area contributed by atoms with Crippen LogP contribution >= 0.6 is 11.8 Å². The Morgan fingerprint density at radius 3 is 2.44 bits per heavy atom. The number of benzene rings is 1. The lowest BCUT2D eigenvalue weighted by Crippen LogP contribution is -2.54. The van der Waals surface area contributed by atoms with Crippen molar-refractivity contribution in [2.45, 2.75) is 45.4 Å². The molecule has 1 aromatic rings. The number of rotatable bonds is 8. The number of hydrogen-bond donors (Lipinski definition) is 1. The maximum atomic E-state index is 13.1. The molecule has 4 bridgehead atoms. The Kier molecular flexibility index (Phi) is 6.35. The lowest BCUT2D eigenvalue weighted by Gasteiger charge is -2.55. The standard InChI is InChI=1S/C26H32N2O5S/c1-3-33-20-5-4-16(11-21(20)32-2)12-22-23(29)28(25(31)34-22)7-6-27-24(30)26-13-17-8-18(14-26)10-19(9-17)15-26/h4-5,11-12,17-19H,3,6-10,13-15H2,1-2H3,(H,27,30). The number of nitrogens with one attached hydrogen (secondary N) is 1. The van der Waals surface area contributed by atoms with Crippen LogP contribution in [0.4, 0.5) is 4.79 Å². The third-order valence-electron chi connectivity index (χ3n) is 7.80. The van der Waals surface area contributed by atoms with Gasteiger partial charge in [-0.15, -0.1) is 0 Å². The Balaban J connectivity index is 1.19. The van der Waals surface area contributed by atoms with Crippen LogP contribution in [0.3, 0.4) is 0 Å². The van der Waals surface area contributed by atoms with E-state index in [0.29, 0.717) is 47.3 Å². The first-order chi connectivity index (χ1) is 16.4. The maximum Gasteiger partial charge on any atom is 0.293 e. The lowest BCUT2D eigenvalue weighted by atomic mass is 9.49. The van der Waals surface area contributed by atoms with Gasteiger partial charge in [0.1, 0.15) is 0 Å². The van der Waals surface area contributed by atoms with Crippen molar-refractivity contribution in [3.63, 3.8) is 0 Å². The molecule has 1 aromatic carbocycles. The number of methoxy groups -OCH3 is 1. The number of amides is 3. The second-order valence-electron chi connectivity index (χ2n) is 10.1. The zero-order valence-corrected chi connectivity index (χ0v) is 20.6. The first-order valence-corrected chi connectivity index (χ1v) is 13.1. The zero-order valence-electron chi connectivity index (χ0n) is 19.8. The molecular formula is C26H32N2O5S. The van der Waals surface area contributed by atoms with Crippen molar-refractivity contribution < 1.29 is 23.9 Å². The fourth-order valence-corrected chi connectivity index (χ4v) is 7.62. The van der Waals surface area contributed by atoms with Crippen LogP contribution < -0.4 is 14.8 Å². The summed E-state index contributed by atoms with van der Waals surface area (Å²) in [5.74, 6) is 3.09. The van der Waals surface area contributed by atoms with Gasteiger partial charge in [-0.2, -0.15) is 0 Å². The van der Waals surface area contributed by atoms with Crippen LogP contribution in [-0.4, -0.2) is 48.8 Å². The second kappa shape index (κ2) is 9.29. The molecule has 0 spiro atoms. The molecule has 1 aliphatic heterocycles. The number of ether oxygens (including phenoxy) is 2. The molecule has 1 N–H and O–H groups in total. The Bertz CT molecular complexity index is 1000. The van der Waals surface area contributed by atoms with E-state index in [1.165, 1.54) is 24.2 Å². The Labute approximate surface area is 204 Å². The van der Waals surface area contributed by atoms with Crippen molar-refractivity contribution in [3.05, 3.63) is 28.7 Å². The average Bonchev–Trinajstić information content (AvgIpc) is 3.06. The molecular weight excluding hydrogens is 452 g/mol. The van der Waals surface area contributed by atoms with E-state index in [1.807, 2.05) is 13.0 Å². The number of nitrogens with zero attached hydrogens (tertiary/aromatic N) is 1. The summed E-state index contributed by atoms with van der Waals surface area (Å²) in [5, 5.41) is 2.75. The molecule has 8 heteroatoms. The Hall–Kier alpha value is -2.48. The van der Waals surface area contributed by atoms with Gasteiger partial charge in [-0.25, -0.2) is 0 Å². The molecule has 0 aromatic heterocycles. The van der Waals surface area contributed by atoms with E-state index in [1.54, 1.807) is 25.3 Å². The highest BCUT2D eigenvalue weighted by Gasteiger charge is 2.54. The van der Waals surface area contributed by atoms with Gasteiger partial charge in [-0.05, 0) is 98.7 Å². The fourth-order valence-electron chi connectivity index (χ4n) is 6.75. The molecule has 7 nitrogen and oxygen atoms in total. The van der Waals surface area contributed by atoms with Gasteiger partial charge in [0.2, 0.25) is 5.91 Å². The predicted octanol–water partition coefficient (Wildman–Crippen LogP) is 4.46. The largest absolute Gasteiger partial charge is 0.493 e. The summed E-state index contributed by atoms with van der Waals surface area (Å²) in [6.45, 7) is 2.90. The average molecular weight is 485 g/mol. The highest BCUT2D eigenvalue weighted by atomic mass is 32.2. The summed E-state index contributed by atoms with van der Waals surface area (Å²) in [7, 11) is 1.56. The van der Waals surface area contributed by atoms with E-state index >= 15 is 0 Å². The normalized spacial score (nSPS) is 30.8. The van der Waals surface area contributed by atoms with Gasteiger partial charge in [0, 0.05) is 18.5 Å². The maximum absolute atomic E-state index is 13.1. The summed E-state index contributed by atoms with van der Waals surface area (Å²) in [5.41, 5.74) is 0.529. The van der Waals surface area contributed by atoms with Gasteiger partial charge in [-0.3, -0.25) is 19.3 Å². The van der Waals surface area contributed by atoms with Crippen LogP contribution in [0.1, 0.15) is 51.0 Å². The molecule has 4 aliphatic carbocycles. The minimum absolute atomic E-state index is 0.121. The molecule has 1 heterocycles. The van der Waals surface area contributed by atoms with Crippen molar-refractivity contribution in [1.82, 2.24) is 10.2 Å². The molecule has 4 saturated carbocycles. The first kappa shape index (κ1) is 23.3. The number of carbonyl (C=O) groups is 3. The summed E-state index contributed by atoms with van der Waals surface area (Å²) >= 11 is 0.924. The smallest absolute Gasteiger partial charge is 0.293 e. The molecule has 34 heavy (non-hydrogen) atoms. The molecule has 6 rings (SSSR count). The topological polar surface area (TPSA) is 84.9 Å². The van der Waals surface area contributed by atoms with Crippen molar-refractivity contribution in [2.75, 3.05) is 26.8 Å². The predicted molar refractivity (Wildman–Crippen MR) is 130 cm³/mol. The van der Waals surface area contributed by atoms with E-state index in [9.17, 15) is 14.4 Å². The summed E-state index contributed by atoms with van der Waals surface area (Å²) < 4.78 is 10.9. The molecule has 0 radical (unpaired) electrons. The SMILES string of the molecule is CCOc1ccc(C=C2SC(=O)N(CCNC(=O)C34CC5CC(CC(C5)C3)C4)C2=O)cc1OC. The molecule has 0 unspecified atom stereocenters. The van der Waals surface area contributed by atoms with Crippen molar-refractivity contribution >= 4 is 34.9 Å². The van der Waals surface area contributed by atoms with E-state index in [0.717, 1.165) is 36.6 Å². The summed E-state index contributed by atoms with van der Waals surface area (Å²) in [6.07, 6.45) is 8.56. The number of thioether (sulfide) groups is 1. The molecule has 5 fully saturated rings. The Morgan fingerprint density at radius 2 is 1.82 bits per heavy atom. The minimum atomic E-state index is -0.327. The lowest BCUT2D eigenvalue weighted by molar-refractivity contribution is -0.146. The summed E-state index contributed by atoms with van der Waals surface area (Å²) in [4.78, 5) is 40.1. The van der Waals surface area contributed by atoms with Gasteiger partial charge < -0.3 is 14.8 Å². The van der Waals surface area contributed by atoms with E-state index in [2.05, 4.69) is 5.32 Å². The molecule has 182 valence electrons. The van der Waals surface area contributed by atoms with Crippen LogP contribution in [0.2, 0.25) is 0 Å². The van der Waals surface area contributed by atoms with Gasteiger partial charge in [0.25, 0.3) is 11.1 Å². The third kappa shape index (κ3) is 4.32. The first-order valence-electron chi connectivity index (χ1n) is 12.3. The van der Waals surface area contributed by atoms with Crippen molar-refractivity contribution in [3.8, 4) is 11.5 Å². The van der Waals surface area contributed by atoms with Crippen LogP contribution in [0.15, 0.2) is 23.1 Å². The zero-order chi connectivity index (χ0) is 23.9. The van der Waals surface area contributed by atoms with Crippen LogP contribution in [0, 0.1) is 23.2 Å². The summed E-state index contributed by atoms with van der Waals surface area (Å²) in [6, 6.07) is 5.40. The van der Waals surface area contributed by atoms with Gasteiger partial charge in [0.05, 0.1) is 18.6 Å². The number of imide groups is 1. The van der Waals surface area contributed by atoms with E-state index < -0.39 is 0 Å². The number of carbonyl (C=O) groups excluding carboxylic acids is 3. The van der Waals surface area contributed by atoms with Crippen molar-refractivity contribution in [2.24, 2.45) is 23.2 Å². The van der Waals surface area contributed by atoms with Crippen LogP contribution in [0.5, 0.6) is 11.5 Å². The monoisotopic (exact) mass is 484 g/mol. The van der Waals surface area contributed by atoms with Crippen LogP contribution in [-0.2, 0) is 9.59 Å². The van der Waals surface area contributed by atoms with Gasteiger partial charge in [-0.1, -0.05) is 6.07 Å².